The van der Waals surface area contributed by atoms with E-state index in [9.17, 15) is 19.8 Å². The minimum atomic E-state index is -0.287. The zero-order valence-electron chi connectivity index (χ0n) is 15.7. The van der Waals surface area contributed by atoms with Crippen molar-refractivity contribution in [1.29, 1.82) is 0 Å². The molecule has 0 saturated heterocycles. The lowest BCUT2D eigenvalue weighted by molar-refractivity contribution is 0.286. The second-order valence-corrected chi connectivity index (χ2v) is 8.52. The first kappa shape index (κ1) is 20.0. The Morgan fingerprint density at radius 1 is 0.967 bits per heavy atom. The largest absolute Gasteiger partial charge is 0.494 e. The highest BCUT2D eigenvalue weighted by Gasteiger charge is 2.15. The summed E-state index contributed by atoms with van der Waals surface area (Å²) in [5, 5.41) is 20.1. The average Bonchev–Trinajstić information content (AvgIpc) is 3.21. The van der Waals surface area contributed by atoms with Gasteiger partial charge in [-0.2, -0.15) is 0 Å². The minimum absolute atomic E-state index is 0.0551. The van der Waals surface area contributed by atoms with Gasteiger partial charge in [-0.25, -0.2) is 0 Å². The molecular weight excluding hydrogens is 424 g/mol. The highest BCUT2D eigenvalue weighted by atomic mass is 32.1. The third-order valence-electron chi connectivity index (χ3n) is 4.48. The standard InChI is InChI=1S/C21H18N2O5S2/c24-18-16(29-20(26)22-18)12-13-6-8-15(9-7-13)28-11-10-23-19(25)17(30-21(23)27)14-4-2-1-3-5-14/h1-9,24-25H,10-12H2,(H,22,26). The van der Waals surface area contributed by atoms with Crippen molar-refractivity contribution in [2.24, 2.45) is 0 Å². The molecule has 0 aliphatic carbocycles. The predicted molar refractivity (Wildman–Crippen MR) is 117 cm³/mol. The molecule has 9 heteroatoms. The van der Waals surface area contributed by atoms with Gasteiger partial charge in [0.1, 0.15) is 12.4 Å². The maximum Gasteiger partial charge on any atom is 0.310 e. The fourth-order valence-electron chi connectivity index (χ4n) is 2.99. The Morgan fingerprint density at radius 2 is 1.70 bits per heavy atom. The van der Waals surface area contributed by atoms with Gasteiger partial charge in [-0.15, -0.1) is 0 Å². The maximum atomic E-state index is 12.2. The Morgan fingerprint density at radius 3 is 2.37 bits per heavy atom. The molecule has 2 aromatic heterocycles. The van der Waals surface area contributed by atoms with E-state index in [2.05, 4.69) is 4.98 Å². The van der Waals surface area contributed by atoms with E-state index in [1.165, 1.54) is 4.57 Å². The van der Waals surface area contributed by atoms with Gasteiger partial charge >= 0.3 is 9.75 Å². The monoisotopic (exact) mass is 442 g/mol. The third-order valence-corrected chi connectivity index (χ3v) is 6.37. The molecule has 3 N–H and O–H groups in total. The van der Waals surface area contributed by atoms with Crippen LogP contribution in [0.15, 0.2) is 64.2 Å². The van der Waals surface area contributed by atoms with Crippen LogP contribution in [0, 0.1) is 0 Å². The number of nitrogens with zero attached hydrogens (tertiary/aromatic N) is 1. The van der Waals surface area contributed by atoms with E-state index in [1.807, 2.05) is 42.5 Å². The summed E-state index contributed by atoms with van der Waals surface area (Å²) in [5.74, 6) is 0.470. The second kappa shape index (κ2) is 8.60. The summed E-state index contributed by atoms with van der Waals surface area (Å²) < 4.78 is 7.00. The Balaban J connectivity index is 1.38. The summed E-state index contributed by atoms with van der Waals surface area (Å²) >= 11 is 1.98. The van der Waals surface area contributed by atoms with Crippen molar-refractivity contribution in [1.82, 2.24) is 9.55 Å². The molecule has 7 nitrogen and oxygen atoms in total. The van der Waals surface area contributed by atoms with Gasteiger partial charge in [-0.1, -0.05) is 65.1 Å². The summed E-state index contributed by atoms with van der Waals surface area (Å²) in [4.78, 5) is 26.5. The van der Waals surface area contributed by atoms with Gasteiger partial charge in [-0.05, 0) is 23.3 Å². The fraction of sp³-hybridized carbons (Fsp3) is 0.143. The fourth-order valence-corrected chi connectivity index (χ4v) is 4.66. The number of benzene rings is 2. The molecule has 0 spiro atoms. The summed E-state index contributed by atoms with van der Waals surface area (Å²) in [6.07, 6.45) is 0.440. The van der Waals surface area contributed by atoms with Crippen LogP contribution in [-0.2, 0) is 13.0 Å². The molecule has 0 aliphatic heterocycles. The van der Waals surface area contributed by atoms with E-state index < -0.39 is 0 Å². The molecule has 154 valence electrons. The zero-order chi connectivity index (χ0) is 21.1. The lowest BCUT2D eigenvalue weighted by atomic mass is 10.1. The third kappa shape index (κ3) is 4.32. The molecule has 2 heterocycles. The zero-order valence-corrected chi connectivity index (χ0v) is 17.3. The van der Waals surface area contributed by atoms with E-state index >= 15 is 0 Å². The van der Waals surface area contributed by atoms with Crippen LogP contribution in [0.2, 0.25) is 0 Å². The minimum Gasteiger partial charge on any atom is -0.494 e. The molecule has 30 heavy (non-hydrogen) atoms. The van der Waals surface area contributed by atoms with Crippen LogP contribution in [0.4, 0.5) is 0 Å². The summed E-state index contributed by atoms with van der Waals surface area (Å²) in [7, 11) is 0. The molecule has 0 amide bonds. The number of ether oxygens (including phenoxy) is 1. The number of aromatic nitrogens is 2. The molecule has 4 aromatic rings. The second-order valence-electron chi connectivity index (χ2n) is 6.49. The number of rotatable bonds is 7. The van der Waals surface area contributed by atoms with Gasteiger partial charge in [0.15, 0.2) is 0 Å². The quantitative estimate of drug-likeness (QED) is 0.407. The number of hydrogen-bond acceptors (Lipinski definition) is 7. The van der Waals surface area contributed by atoms with E-state index in [0.29, 0.717) is 21.9 Å². The van der Waals surface area contributed by atoms with E-state index in [4.69, 9.17) is 4.74 Å². The van der Waals surface area contributed by atoms with Crippen LogP contribution in [0.3, 0.4) is 0 Å². The van der Waals surface area contributed by atoms with Gasteiger partial charge in [0, 0.05) is 6.42 Å². The average molecular weight is 443 g/mol. The highest BCUT2D eigenvalue weighted by molar-refractivity contribution is 7.13. The van der Waals surface area contributed by atoms with Gasteiger partial charge in [0.05, 0.1) is 16.3 Å². The lowest BCUT2D eigenvalue weighted by Gasteiger charge is -2.08. The van der Waals surface area contributed by atoms with Crippen LogP contribution >= 0.6 is 22.7 Å². The van der Waals surface area contributed by atoms with Crippen molar-refractivity contribution < 1.29 is 14.9 Å². The molecule has 0 atom stereocenters. The van der Waals surface area contributed by atoms with Crippen molar-refractivity contribution in [3.63, 3.8) is 0 Å². The summed E-state index contributed by atoms with van der Waals surface area (Å²) in [6.45, 7) is 0.443. The van der Waals surface area contributed by atoms with Gasteiger partial charge in [0.25, 0.3) is 0 Å². The Kier molecular flexibility index (Phi) is 5.73. The topological polar surface area (TPSA) is 105 Å². The number of aromatic amines is 1. The van der Waals surface area contributed by atoms with Gasteiger partial charge < -0.3 is 14.9 Å². The summed E-state index contributed by atoms with van der Waals surface area (Å²) in [6, 6.07) is 16.5. The molecular formula is C21H18N2O5S2. The van der Waals surface area contributed by atoms with Crippen molar-refractivity contribution in [3.8, 4) is 28.0 Å². The number of H-pyrrole nitrogens is 1. The number of nitrogens with one attached hydrogen (secondary N) is 1. The molecule has 0 fully saturated rings. The molecule has 2 aromatic carbocycles. The van der Waals surface area contributed by atoms with Crippen molar-refractivity contribution in [3.05, 3.63) is 84.4 Å². The first-order valence-corrected chi connectivity index (χ1v) is 10.8. The van der Waals surface area contributed by atoms with E-state index in [-0.39, 0.29) is 34.7 Å². The normalized spacial score (nSPS) is 10.9. The molecule has 0 saturated carbocycles. The number of hydrogen-bond donors (Lipinski definition) is 3. The molecule has 4 rings (SSSR count). The first-order chi connectivity index (χ1) is 14.5. The smallest absolute Gasteiger partial charge is 0.310 e. The van der Waals surface area contributed by atoms with Crippen molar-refractivity contribution in [2.75, 3.05) is 6.61 Å². The van der Waals surface area contributed by atoms with Crippen LogP contribution in [0.1, 0.15) is 10.4 Å². The van der Waals surface area contributed by atoms with Gasteiger partial charge in [0.2, 0.25) is 11.8 Å². The van der Waals surface area contributed by atoms with Crippen LogP contribution in [0.5, 0.6) is 17.5 Å². The van der Waals surface area contributed by atoms with E-state index in [0.717, 1.165) is 33.8 Å². The van der Waals surface area contributed by atoms with Crippen LogP contribution in [0.25, 0.3) is 10.4 Å². The van der Waals surface area contributed by atoms with Crippen LogP contribution in [-0.4, -0.2) is 26.4 Å². The SMILES string of the molecule is O=c1[nH]c(O)c(Cc2ccc(OCCn3c(O)c(-c4ccccc4)sc3=O)cc2)s1. The van der Waals surface area contributed by atoms with E-state index in [1.54, 1.807) is 12.1 Å². The Labute approximate surface area is 179 Å². The predicted octanol–water partition coefficient (Wildman–Crippen LogP) is 3.41. The summed E-state index contributed by atoms with van der Waals surface area (Å²) in [5.41, 5.74) is 1.72. The van der Waals surface area contributed by atoms with Crippen molar-refractivity contribution in [2.45, 2.75) is 13.0 Å². The highest BCUT2D eigenvalue weighted by Crippen LogP contribution is 2.31. The van der Waals surface area contributed by atoms with Gasteiger partial charge in [-0.3, -0.25) is 19.1 Å². The number of thiazole rings is 2. The molecule has 0 aliphatic rings. The Bertz CT molecular complexity index is 1250. The molecule has 0 radical (unpaired) electrons. The Hall–Kier alpha value is -3.30. The lowest BCUT2D eigenvalue weighted by Crippen LogP contribution is -2.17. The molecule has 0 unspecified atom stereocenters. The molecule has 0 bridgehead atoms. The maximum absolute atomic E-state index is 12.2. The number of aromatic hydroxyl groups is 2. The van der Waals surface area contributed by atoms with Crippen LogP contribution < -0.4 is 14.5 Å². The first-order valence-electron chi connectivity index (χ1n) is 9.12. The van der Waals surface area contributed by atoms with Crippen molar-refractivity contribution >= 4 is 22.7 Å².